The van der Waals surface area contributed by atoms with E-state index in [1.165, 1.54) is 4.90 Å². The molecule has 0 radical (unpaired) electrons. The smallest absolute Gasteiger partial charge is 0.407 e. The minimum atomic E-state index is -1.05. The summed E-state index contributed by atoms with van der Waals surface area (Å²) >= 11 is 0. The zero-order chi connectivity index (χ0) is 40.1. The van der Waals surface area contributed by atoms with Crippen molar-refractivity contribution in [1.29, 1.82) is 0 Å². The van der Waals surface area contributed by atoms with E-state index in [9.17, 15) is 28.8 Å². The molecule has 3 heterocycles. The number of primary amides is 1. The van der Waals surface area contributed by atoms with Crippen molar-refractivity contribution in [3.05, 3.63) is 82.0 Å². The summed E-state index contributed by atoms with van der Waals surface area (Å²) in [5.74, 6) is -1.76. The Bertz CT molecular complexity index is 2160. The monoisotopic (exact) mass is 766 g/mol. The van der Waals surface area contributed by atoms with Crippen LogP contribution in [0.25, 0.3) is 22.2 Å². The van der Waals surface area contributed by atoms with Crippen molar-refractivity contribution in [2.75, 3.05) is 18.0 Å². The molecule has 1 aliphatic heterocycles. The Hall–Kier alpha value is -5.99. The molecule has 2 atom stereocenters. The fraction of sp³-hybridized carbons (Fsp3) is 0.439. The fourth-order valence-corrected chi connectivity index (χ4v) is 7.47. The maximum atomic E-state index is 14.5. The number of rotatable bonds is 11. The van der Waals surface area contributed by atoms with Gasteiger partial charge in [-0.3, -0.25) is 29.1 Å². The summed E-state index contributed by atoms with van der Waals surface area (Å²) in [4.78, 5) is 88.4. The first-order valence-electron chi connectivity index (χ1n) is 19.1. The molecule has 15 nitrogen and oxygen atoms in total. The van der Waals surface area contributed by atoms with E-state index in [0.717, 1.165) is 28.7 Å². The number of pyridine rings is 1. The Balaban J connectivity index is 1.18. The third-order valence-electron chi connectivity index (χ3n) is 10.4. The average molecular weight is 767 g/mol. The van der Waals surface area contributed by atoms with Crippen LogP contribution in [0.5, 0.6) is 0 Å². The minimum absolute atomic E-state index is 0.128. The maximum Gasteiger partial charge on any atom is 0.407 e. The molecule has 1 aliphatic carbocycles. The van der Waals surface area contributed by atoms with E-state index in [4.69, 9.17) is 10.5 Å². The molecule has 1 saturated heterocycles. The largest absolute Gasteiger partial charge is 0.444 e. The Kier molecular flexibility index (Phi) is 11.9. The van der Waals surface area contributed by atoms with Gasteiger partial charge in [-0.15, -0.1) is 0 Å². The van der Waals surface area contributed by atoms with Crippen LogP contribution in [0.3, 0.4) is 0 Å². The number of imidazole rings is 1. The normalized spacial score (nSPS) is 19.1. The van der Waals surface area contributed by atoms with Crippen molar-refractivity contribution < 1.29 is 28.7 Å². The van der Waals surface area contributed by atoms with Gasteiger partial charge in [0.05, 0.1) is 11.0 Å². The number of aromatic nitrogens is 3. The number of fused-ring (bicyclic) bond motifs is 1. The highest BCUT2D eigenvalue weighted by Crippen LogP contribution is 2.33. The van der Waals surface area contributed by atoms with Crippen LogP contribution < -0.4 is 32.3 Å². The SMILES string of the molecule is Cc1cc(C(=O)N[C@@H]2CCCNC2=O)ncc1-c1ccc(C[C@@H](C(N)=O)N(c2ccc3[nH]c(=O)[nH]c3c2)C(=O)[C@H]2CC[C@H](CNC(=O)OC(C)(C)C)CC2)cc1. The van der Waals surface area contributed by atoms with Crippen molar-refractivity contribution in [2.45, 2.75) is 90.3 Å². The lowest BCUT2D eigenvalue weighted by Crippen LogP contribution is -2.52. The molecule has 2 aromatic carbocycles. The number of piperidine rings is 1. The topological polar surface area (TPSA) is 221 Å². The van der Waals surface area contributed by atoms with E-state index < -0.39 is 47.2 Å². The van der Waals surface area contributed by atoms with Gasteiger partial charge in [-0.25, -0.2) is 9.59 Å². The standard InChI is InChI=1S/C41H50N8O7/c1-23-18-33(37(52)46-31-6-5-17-43-36(31)51)44-22-29(23)26-11-7-24(8-12-26)19-34(35(42)50)49(28-15-16-30-32(20-28)48-39(54)47-30)38(53)27-13-9-25(10-14-27)21-45-40(55)56-41(2,3)4/h7-8,11-12,15-16,18,20,22,25,27,31,34H,5-6,9-10,13-14,17,19,21H2,1-4H3,(H2,42,50)(H,43,51)(H,45,55)(H,46,52)(H2,47,48,54)/t25-,27-,31-,34+/m1/s1. The summed E-state index contributed by atoms with van der Waals surface area (Å²) in [6.07, 6.45) is 5.15. The summed E-state index contributed by atoms with van der Waals surface area (Å²) < 4.78 is 5.36. The lowest BCUT2D eigenvalue weighted by molar-refractivity contribution is -0.127. The molecule has 0 bridgehead atoms. The van der Waals surface area contributed by atoms with Crippen molar-refractivity contribution in [3.8, 4) is 11.1 Å². The molecule has 7 N–H and O–H groups in total. The number of aromatic amines is 2. The van der Waals surface area contributed by atoms with Gasteiger partial charge < -0.3 is 36.4 Å². The van der Waals surface area contributed by atoms with Gasteiger partial charge in [0.15, 0.2) is 0 Å². The number of ether oxygens (including phenoxy) is 1. The molecule has 1 saturated carbocycles. The number of nitrogens with zero attached hydrogens (tertiary/aromatic N) is 2. The second kappa shape index (κ2) is 16.8. The van der Waals surface area contributed by atoms with E-state index in [1.54, 1.807) is 51.2 Å². The van der Waals surface area contributed by atoms with Crippen molar-refractivity contribution >= 4 is 46.4 Å². The number of aryl methyl sites for hydroxylation is 1. The molecule has 56 heavy (non-hydrogen) atoms. The highest BCUT2D eigenvalue weighted by molar-refractivity contribution is 6.03. The lowest BCUT2D eigenvalue weighted by atomic mass is 9.81. The Morgan fingerprint density at radius 2 is 1.68 bits per heavy atom. The molecule has 2 aliphatic rings. The molecule has 15 heteroatoms. The zero-order valence-corrected chi connectivity index (χ0v) is 32.2. The number of carbonyl (C=O) groups is 5. The maximum absolute atomic E-state index is 14.5. The predicted molar refractivity (Wildman–Crippen MR) is 211 cm³/mol. The number of nitrogens with one attached hydrogen (secondary N) is 5. The van der Waals surface area contributed by atoms with Crippen LogP contribution in [-0.4, -0.2) is 75.4 Å². The predicted octanol–water partition coefficient (Wildman–Crippen LogP) is 4.00. The number of H-pyrrole nitrogens is 2. The van der Waals surface area contributed by atoms with Crippen LogP contribution in [-0.2, 0) is 25.5 Å². The fourth-order valence-electron chi connectivity index (χ4n) is 7.47. The minimum Gasteiger partial charge on any atom is -0.444 e. The summed E-state index contributed by atoms with van der Waals surface area (Å²) in [6, 6.07) is 12.6. The first-order chi connectivity index (χ1) is 26.6. The Morgan fingerprint density at radius 3 is 2.34 bits per heavy atom. The highest BCUT2D eigenvalue weighted by atomic mass is 16.6. The molecule has 2 fully saturated rings. The van der Waals surface area contributed by atoms with Crippen LogP contribution in [0.1, 0.15) is 80.9 Å². The Labute approximate surface area is 324 Å². The molecule has 0 unspecified atom stereocenters. The van der Waals surface area contributed by atoms with Crippen LogP contribution in [0.4, 0.5) is 10.5 Å². The molecular weight excluding hydrogens is 716 g/mol. The number of alkyl carbamates (subject to hydrolysis) is 1. The van der Waals surface area contributed by atoms with Gasteiger partial charge in [0.2, 0.25) is 17.7 Å². The quantitative estimate of drug-likeness (QED) is 0.131. The third-order valence-corrected chi connectivity index (χ3v) is 10.4. The van der Waals surface area contributed by atoms with Gasteiger partial charge in [0.25, 0.3) is 5.91 Å². The molecule has 4 aromatic rings. The van der Waals surface area contributed by atoms with E-state index >= 15 is 0 Å². The van der Waals surface area contributed by atoms with Crippen LogP contribution in [0.15, 0.2) is 59.5 Å². The second-order valence-electron chi connectivity index (χ2n) is 15.8. The summed E-state index contributed by atoms with van der Waals surface area (Å²) in [6.45, 7) is 8.33. The van der Waals surface area contributed by atoms with E-state index in [2.05, 4.69) is 30.9 Å². The van der Waals surface area contributed by atoms with Crippen molar-refractivity contribution in [2.24, 2.45) is 17.6 Å². The van der Waals surface area contributed by atoms with E-state index in [1.807, 2.05) is 31.2 Å². The van der Waals surface area contributed by atoms with Crippen LogP contribution >= 0.6 is 0 Å². The summed E-state index contributed by atoms with van der Waals surface area (Å²) in [5, 5.41) is 8.37. The number of hydrogen-bond donors (Lipinski definition) is 6. The van der Waals surface area contributed by atoms with E-state index in [0.29, 0.717) is 61.9 Å². The van der Waals surface area contributed by atoms with Crippen LogP contribution in [0.2, 0.25) is 0 Å². The van der Waals surface area contributed by atoms with Crippen molar-refractivity contribution in [1.82, 2.24) is 30.9 Å². The number of benzene rings is 2. The van der Waals surface area contributed by atoms with Gasteiger partial charge in [-0.2, -0.15) is 0 Å². The molecule has 2 aromatic heterocycles. The van der Waals surface area contributed by atoms with Gasteiger partial charge in [0.1, 0.15) is 23.4 Å². The van der Waals surface area contributed by atoms with Gasteiger partial charge in [0, 0.05) is 42.9 Å². The molecule has 5 amide bonds. The van der Waals surface area contributed by atoms with E-state index in [-0.39, 0.29) is 29.8 Å². The number of nitrogens with two attached hydrogens (primary N) is 1. The number of amides is 5. The van der Waals surface area contributed by atoms with Crippen molar-refractivity contribution in [3.63, 3.8) is 0 Å². The number of anilines is 1. The Morgan fingerprint density at radius 1 is 0.964 bits per heavy atom. The zero-order valence-electron chi connectivity index (χ0n) is 32.2. The third kappa shape index (κ3) is 9.62. The van der Waals surface area contributed by atoms with Gasteiger partial charge in [-0.1, -0.05) is 24.3 Å². The van der Waals surface area contributed by atoms with Gasteiger partial charge in [-0.05, 0) is 113 Å². The number of hydrogen-bond acceptors (Lipinski definition) is 8. The second-order valence-corrected chi connectivity index (χ2v) is 15.8. The van der Waals surface area contributed by atoms with Crippen LogP contribution in [0, 0.1) is 18.8 Å². The lowest BCUT2D eigenvalue weighted by Gasteiger charge is -2.36. The highest BCUT2D eigenvalue weighted by Gasteiger charge is 2.36. The number of carbonyl (C=O) groups excluding carboxylic acids is 5. The average Bonchev–Trinajstić information content (AvgIpc) is 3.53. The van der Waals surface area contributed by atoms with Gasteiger partial charge >= 0.3 is 11.8 Å². The molecule has 0 spiro atoms. The molecule has 296 valence electrons. The summed E-state index contributed by atoms with van der Waals surface area (Å²) in [5.41, 5.74) is 9.98. The molecular formula is C41H50N8O7. The first-order valence-corrected chi connectivity index (χ1v) is 19.1. The molecule has 6 rings (SSSR count). The summed E-state index contributed by atoms with van der Waals surface area (Å²) in [7, 11) is 0. The first kappa shape index (κ1) is 39.7.